The van der Waals surface area contributed by atoms with Crippen LogP contribution in [0.4, 0.5) is 28.8 Å². The Morgan fingerprint density at radius 3 is 0.729 bits per heavy atom. The van der Waals surface area contributed by atoms with Crippen molar-refractivity contribution in [2.75, 3.05) is 26.8 Å². The largest absolute Gasteiger partial charge is 0.413 e. The van der Waals surface area contributed by atoms with Gasteiger partial charge >= 0.3 is 36.6 Å². The third-order valence-corrected chi connectivity index (χ3v) is 9.16. The molecular formula is C49H40N6O15. The number of nitrogens with one attached hydrogen (secondary N) is 6. The van der Waals surface area contributed by atoms with E-state index >= 15 is 0 Å². The number of carbonyl (C=O) groups excluding carboxylic acids is 9. The summed E-state index contributed by atoms with van der Waals surface area (Å²) in [6, 6.07) is 40.4. The fraction of sp³-hybridized carbons (Fsp3) is 0.0816. The quantitative estimate of drug-likeness (QED) is 0.0401. The molecule has 0 spiro atoms. The van der Waals surface area contributed by atoms with E-state index in [2.05, 4.69) is 41.4 Å². The molecule has 0 aliphatic heterocycles. The molecule has 6 aromatic carbocycles. The van der Waals surface area contributed by atoms with Crippen LogP contribution in [0, 0.1) is 0 Å². The molecule has 21 heteroatoms. The minimum atomic E-state index is -1.07. The molecule has 0 unspecified atom stereocenters. The molecule has 0 atom stereocenters. The van der Waals surface area contributed by atoms with Crippen molar-refractivity contribution in [2.24, 2.45) is 0 Å². The molecule has 0 aromatic heterocycles. The standard InChI is InChI=1S/C49H40N6O15/c56-41(31-7-3-1-4-8-31)33-11-19-37(20-12-33)67-46(61)52-27-50-44(59)65-30-66-45(60)51-28-53-47(62)68-39-23-15-35(16-24-39)43(58)36-17-25-40(26-18-36)70-49(64)55-29-54-48(63)69-38-21-13-34(14-22-38)42(57)32-9-5-2-6-10-32/h1-26H,27-30H2,(H,50,59)(H,51,60)(H,52,61)(H,53,62)(H,54,63)(H,55,64). The Morgan fingerprint density at radius 2 is 0.486 bits per heavy atom. The number of amides is 6. The van der Waals surface area contributed by atoms with E-state index in [0.717, 1.165) is 0 Å². The van der Waals surface area contributed by atoms with E-state index in [1.807, 2.05) is 0 Å². The summed E-state index contributed by atoms with van der Waals surface area (Å²) in [4.78, 5) is 111. The van der Waals surface area contributed by atoms with Crippen LogP contribution in [-0.2, 0) is 9.47 Å². The average Bonchev–Trinajstić information content (AvgIpc) is 3.37. The van der Waals surface area contributed by atoms with Gasteiger partial charge in [-0.1, -0.05) is 60.7 Å². The minimum Gasteiger partial charge on any atom is -0.412 e. The summed E-state index contributed by atoms with van der Waals surface area (Å²) in [7, 11) is 0. The fourth-order valence-corrected chi connectivity index (χ4v) is 5.75. The van der Waals surface area contributed by atoms with Crippen LogP contribution in [0.3, 0.4) is 0 Å². The second kappa shape index (κ2) is 25.0. The molecule has 0 saturated heterocycles. The molecular weight excluding hydrogens is 913 g/mol. The van der Waals surface area contributed by atoms with Gasteiger partial charge in [0.15, 0.2) is 17.3 Å². The molecule has 0 aliphatic rings. The number of ketones is 3. The highest BCUT2D eigenvalue weighted by atomic mass is 16.7. The molecule has 6 rings (SSSR count). The van der Waals surface area contributed by atoms with E-state index in [1.165, 1.54) is 97.1 Å². The molecule has 0 bridgehead atoms. The third-order valence-electron chi connectivity index (χ3n) is 9.16. The normalized spacial score (nSPS) is 10.2. The lowest BCUT2D eigenvalue weighted by molar-refractivity contribution is 0.0242. The lowest BCUT2D eigenvalue weighted by Gasteiger charge is -2.11. The van der Waals surface area contributed by atoms with Gasteiger partial charge in [0.1, 0.15) is 23.0 Å². The summed E-state index contributed by atoms with van der Waals surface area (Å²) in [6.45, 7) is -2.00. The zero-order chi connectivity index (χ0) is 49.7. The van der Waals surface area contributed by atoms with Crippen molar-refractivity contribution in [3.05, 3.63) is 191 Å². The molecule has 0 fully saturated rings. The van der Waals surface area contributed by atoms with E-state index in [9.17, 15) is 43.2 Å². The molecule has 0 radical (unpaired) electrons. The van der Waals surface area contributed by atoms with E-state index in [4.69, 9.17) is 18.9 Å². The minimum absolute atomic E-state index is 0.0630. The van der Waals surface area contributed by atoms with Crippen molar-refractivity contribution in [3.63, 3.8) is 0 Å². The highest BCUT2D eigenvalue weighted by Crippen LogP contribution is 2.20. The van der Waals surface area contributed by atoms with Crippen LogP contribution in [-0.4, -0.2) is 80.7 Å². The fourth-order valence-electron chi connectivity index (χ4n) is 5.75. The Morgan fingerprint density at radius 1 is 0.271 bits per heavy atom. The zero-order valence-corrected chi connectivity index (χ0v) is 36.5. The third kappa shape index (κ3) is 15.5. The van der Waals surface area contributed by atoms with Gasteiger partial charge in [0.2, 0.25) is 6.79 Å². The van der Waals surface area contributed by atoms with Gasteiger partial charge in [0, 0.05) is 33.4 Å². The summed E-state index contributed by atoms with van der Waals surface area (Å²) in [5, 5.41) is 13.5. The summed E-state index contributed by atoms with van der Waals surface area (Å²) in [5.74, 6) is -0.298. The van der Waals surface area contributed by atoms with Crippen LogP contribution in [0.15, 0.2) is 158 Å². The van der Waals surface area contributed by atoms with Gasteiger partial charge in [-0.15, -0.1) is 0 Å². The molecule has 21 nitrogen and oxygen atoms in total. The number of rotatable bonds is 18. The first-order valence-corrected chi connectivity index (χ1v) is 20.7. The van der Waals surface area contributed by atoms with Crippen LogP contribution in [0.5, 0.6) is 23.0 Å². The van der Waals surface area contributed by atoms with Crippen LogP contribution in [0.25, 0.3) is 0 Å². The van der Waals surface area contributed by atoms with Gasteiger partial charge in [0.25, 0.3) is 0 Å². The van der Waals surface area contributed by atoms with Crippen molar-refractivity contribution in [1.82, 2.24) is 31.9 Å². The summed E-state index contributed by atoms with van der Waals surface area (Å²) in [6.07, 6.45) is -5.77. The molecule has 0 heterocycles. The van der Waals surface area contributed by atoms with Crippen molar-refractivity contribution < 1.29 is 71.6 Å². The molecule has 0 saturated carbocycles. The van der Waals surface area contributed by atoms with E-state index < -0.39 is 62.5 Å². The number of benzene rings is 6. The van der Waals surface area contributed by atoms with Crippen LogP contribution in [0.1, 0.15) is 47.8 Å². The smallest absolute Gasteiger partial charge is 0.412 e. The second-order valence-corrected chi connectivity index (χ2v) is 13.9. The Hall–Kier alpha value is -10.1. The first kappa shape index (κ1) is 49.4. The van der Waals surface area contributed by atoms with Gasteiger partial charge < -0.3 is 60.3 Å². The first-order valence-electron chi connectivity index (χ1n) is 20.7. The number of hydrogen-bond acceptors (Lipinski definition) is 15. The SMILES string of the molecule is O=C(NCNC(=O)Oc1ccc(C(=O)c2ccccc2)cc1)OCOC(=O)NCNC(=O)Oc1ccc(C(=O)c2ccc(OC(=O)NCNC(=O)Oc3ccc(C(=O)c4ccccc4)cc3)cc2)cc1. The van der Waals surface area contributed by atoms with Crippen molar-refractivity contribution >= 4 is 53.9 Å². The lowest BCUT2D eigenvalue weighted by atomic mass is 10.0. The average molecular weight is 953 g/mol. The summed E-state index contributed by atoms with van der Waals surface area (Å²) < 4.78 is 29.9. The van der Waals surface area contributed by atoms with Crippen LogP contribution < -0.4 is 50.8 Å². The monoisotopic (exact) mass is 952 g/mol. The van der Waals surface area contributed by atoms with Crippen molar-refractivity contribution in [3.8, 4) is 23.0 Å². The predicted octanol–water partition coefficient (Wildman–Crippen LogP) is 6.42. The maximum Gasteiger partial charge on any atom is 0.413 e. The second-order valence-electron chi connectivity index (χ2n) is 13.9. The molecule has 356 valence electrons. The van der Waals surface area contributed by atoms with E-state index in [0.29, 0.717) is 22.3 Å². The van der Waals surface area contributed by atoms with Crippen LogP contribution in [0.2, 0.25) is 0 Å². The van der Waals surface area contributed by atoms with Gasteiger partial charge in [-0.25, -0.2) is 28.8 Å². The summed E-state index contributed by atoms with van der Waals surface area (Å²) >= 11 is 0. The molecule has 0 aliphatic carbocycles. The highest BCUT2D eigenvalue weighted by molar-refractivity contribution is 6.10. The predicted molar refractivity (Wildman–Crippen MR) is 244 cm³/mol. The zero-order valence-electron chi connectivity index (χ0n) is 36.5. The Labute approximate surface area is 397 Å². The lowest BCUT2D eigenvalue weighted by Crippen LogP contribution is -2.40. The first-order chi connectivity index (χ1) is 33.9. The van der Waals surface area contributed by atoms with Crippen LogP contribution >= 0.6 is 0 Å². The number of alkyl carbamates (subject to hydrolysis) is 2. The van der Waals surface area contributed by atoms with Crippen molar-refractivity contribution in [2.45, 2.75) is 0 Å². The summed E-state index contributed by atoms with van der Waals surface area (Å²) in [5.41, 5.74) is 2.33. The molecule has 6 amide bonds. The molecule has 6 N–H and O–H groups in total. The topological polar surface area (TPSA) is 281 Å². The number of ether oxygens (including phenoxy) is 6. The maximum absolute atomic E-state index is 13.0. The molecule has 70 heavy (non-hydrogen) atoms. The van der Waals surface area contributed by atoms with Crippen molar-refractivity contribution in [1.29, 1.82) is 0 Å². The Kier molecular flexibility index (Phi) is 17.7. The number of hydrogen-bond donors (Lipinski definition) is 6. The van der Waals surface area contributed by atoms with Gasteiger partial charge in [-0.05, 0) is 97.1 Å². The van der Waals surface area contributed by atoms with Gasteiger partial charge in [-0.3, -0.25) is 14.4 Å². The number of carbonyl (C=O) groups is 9. The molecule has 6 aromatic rings. The Bertz CT molecular complexity index is 2810. The Balaban J connectivity index is 0.792. The van der Waals surface area contributed by atoms with Gasteiger partial charge in [0.05, 0.1) is 20.0 Å². The maximum atomic E-state index is 13.0. The van der Waals surface area contributed by atoms with Gasteiger partial charge in [-0.2, -0.15) is 0 Å². The highest BCUT2D eigenvalue weighted by Gasteiger charge is 2.15. The van der Waals surface area contributed by atoms with E-state index in [1.54, 1.807) is 60.7 Å². The van der Waals surface area contributed by atoms with E-state index in [-0.39, 0.29) is 52.4 Å².